The van der Waals surface area contributed by atoms with Crippen LogP contribution < -0.4 is 22.3 Å². The van der Waals surface area contributed by atoms with Gasteiger partial charge in [0.25, 0.3) is 5.56 Å². The van der Waals surface area contributed by atoms with E-state index in [9.17, 15) is 14.4 Å². The predicted molar refractivity (Wildman–Crippen MR) is 120 cm³/mol. The van der Waals surface area contributed by atoms with Gasteiger partial charge in [-0.2, -0.15) is 0 Å². The summed E-state index contributed by atoms with van der Waals surface area (Å²) in [6, 6.07) is 7.68. The molecule has 0 saturated carbocycles. The number of aryl methyl sites for hydroxylation is 1. The topological polar surface area (TPSA) is 112 Å². The molecule has 0 radical (unpaired) electrons. The van der Waals surface area contributed by atoms with Crippen LogP contribution in [0.25, 0.3) is 11.3 Å². The Morgan fingerprint density at radius 3 is 2.53 bits per heavy atom. The minimum absolute atomic E-state index is 0.0784. The van der Waals surface area contributed by atoms with Crippen LogP contribution in [0.4, 0.5) is 11.5 Å². The summed E-state index contributed by atoms with van der Waals surface area (Å²) in [5.41, 5.74) is 7.67. The Labute approximate surface area is 178 Å². The predicted octanol–water partition coefficient (Wildman–Crippen LogP) is 2.41. The van der Waals surface area contributed by atoms with E-state index in [-0.39, 0.29) is 23.7 Å². The highest BCUT2D eigenvalue weighted by molar-refractivity contribution is 7.10. The zero-order valence-corrected chi connectivity index (χ0v) is 18.1. The number of aromatic nitrogens is 3. The molecule has 8 nitrogen and oxygen atoms in total. The van der Waals surface area contributed by atoms with Gasteiger partial charge in [-0.3, -0.25) is 18.7 Å². The van der Waals surface area contributed by atoms with Crippen LogP contribution in [-0.4, -0.2) is 20.0 Å². The molecule has 0 aliphatic rings. The Morgan fingerprint density at radius 2 is 1.90 bits per heavy atom. The summed E-state index contributed by atoms with van der Waals surface area (Å²) in [6.07, 6.45) is 1.71. The summed E-state index contributed by atoms with van der Waals surface area (Å²) >= 11 is 1.27. The number of hydrogen-bond acceptors (Lipinski definition) is 6. The quantitative estimate of drug-likeness (QED) is 0.601. The standard InChI is InChI=1S/C21H25N5O3S/c1-4-10-26-19(22)18(20(28)25(3)21(26)29)15-12-30-17(24-15)11-16(27)23-14-8-6-13(5-2)7-9-14/h6-9,12H,4-5,10-11,22H2,1-3H3,(H,23,27). The third-order valence-corrected chi connectivity index (χ3v) is 5.64. The maximum absolute atomic E-state index is 12.6. The summed E-state index contributed by atoms with van der Waals surface area (Å²) < 4.78 is 2.41. The van der Waals surface area contributed by atoms with Crippen molar-refractivity contribution >= 4 is 28.7 Å². The fourth-order valence-electron chi connectivity index (χ4n) is 3.14. The fourth-order valence-corrected chi connectivity index (χ4v) is 3.92. The third-order valence-electron chi connectivity index (χ3n) is 4.80. The highest BCUT2D eigenvalue weighted by Gasteiger charge is 2.19. The summed E-state index contributed by atoms with van der Waals surface area (Å²) in [7, 11) is 1.42. The Balaban J connectivity index is 1.83. The highest BCUT2D eigenvalue weighted by Crippen LogP contribution is 2.24. The van der Waals surface area contributed by atoms with Crippen molar-refractivity contribution in [2.24, 2.45) is 7.05 Å². The summed E-state index contributed by atoms with van der Waals surface area (Å²) in [6.45, 7) is 4.40. The number of carbonyl (C=O) groups excluding carboxylic acids is 1. The third kappa shape index (κ3) is 4.35. The van der Waals surface area contributed by atoms with Crippen LogP contribution in [0, 0.1) is 0 Å². The number of hydrogen-bond donors (Lipinski definition) is 2. The lowest BCUT2D eigenvalue weighted by Gasteiger charge is -2.13. The van der Waals surface area contributed by atoms with Gasteiger partial charge in [-0.25, -0.2) is 9.78 Å². The molecule has 30 heavy (non-hydrogen) atoms. The van der Waals surface area contributed by atoms with Crippen molar-refractivity contribution < 1.29 is 4.79 Å². The number of nitrogen functional groups attached to an aromatic ring is 1. The summed E-state index contributed by atoms with van der Waals surface area (Å²) in [4.78, 5) is 41.8. The van der Waals surface area contributed by atoms with Crippen molar-refractivity contribution in [1.82, 2.24) is 14.1 Å². The van der Waals surface area contributed by atoms with Crippen LogP contribution in [0.3, 0.4) is 0 Å². The molecule has 0 fully saturated rings. The second-order valence-electron chi connectivity index (χ2n) is 6.96. The van der Waals surface area contributed by atoms with Crippen molar-refractivity contribution in [2.75, 3.05) is 11.1 Å². The molecular weight excluding hydrogens is 402 g/mol. The number of nitrogens with zero attached hydrogens (tertiary/aromatic N) is 3. The zero-order chi connectivity index (χ0) is 21.8. The van der Waals surface area contributed by atoms with Gasteiger partial charge in [-0.05, 0) is 30.5 Å². The van der Waals surface area contributed by atoms with E-state index in [0.29, 0.717) is 23.7 Å². The van der Waals surface area contributed by atoms with Crippen LogP contribution in [0.1, 0.15) is 30.8 Å². The van der Waals surface area contributed by atoms with Gasteiger partial charge in [-0.1, -0.05) is 26.0 Å². The number of carbonyl (C=O) groups is 1. The van der Waals surface area contributed by atoms with Crippen molar-refractivity contribution in [1.29, 1.82) is 0 Å². The van der Waals surface area contributed by atoms with E-state index in [2.05, 4.69) is 17.2 Å². The molecule has 1 amide bonds. The maximum Gasteiger partial charge on any atom is 0.332 e. The molecule has 158 valence electrons. The van der Waals surface area contributed by atoms with E-state index in [0.717, 1.165) is 16.7 Å². The largest absolute Gasteiger partial charge is 0.384 e. The Bertz CT molecular complexity index is 1170. The molecule has 1 aromatic carbocycles. The van der Waals surface area contributed by atoms with Crippen LogP contribution >= 0.6 is 11.3 Å². The zero-order valence-electron chi connectivity index (χ0n) is 17.3. The van der Waals surface area contributed by atoms with E-state index in [4.69, 9.17) is 5.73 Å². The van der Waals surface area contributed by atoms with Gasteiger partial charge >= 0.3 is 5.69 Å². The molecule has 2 heterocycles. The van der Waals surface area contributed by atoms with Crippen molar-refractivity contribution in [3.05, 3.63) is 61.1 Å². The first-order valence-corrected chi connectivity index (χ1v) is 10.7. The number of thiazole rings is 1. The van der Waals surface area contributed by atoms with Gasteiger partial charge < -0.3 is 11.1 Å². The van der Waals surface area contributed by atoms with E-state index in [1.54, 1.807) is 5.38 Å². The molecular formula is C21H25N5O3S. The molecule has 9 heteroatoms. The Morgan fingerprint density at radius 1 is 1.20 bits per heavy atom. The van der Waals surface area contributed by atoms with Crippen LogP contribution in [0.2, 0.25) is 0 Å². The monoisotopic (exact) mass is 427 g/mol. The minimum atomic E-state index is -0.498. The number of rotatable bonds is 7. The highest BCUT2D eigenvalue weighted by atomic mass is 32.1. The van der Waals surface area contributed by atoms with Crippen LogP contribution in [0.15, 0.2) is 39.2 Å². The summed E-state index contributed by atoms with van der Waals surface area (Å²) in [5.74, 6) is -0.0979. The van der Waals surface area contributed by atoms with Gasteiger partial charge in [0.15, 0.2) is 0 Å². The molecule has 0 spiro atoms. The first-order chi connectivity index (χ1) is 14.3. The number of amides is 1. The Hall–Kier alpha value is -3.20. The number of anilines is 2. The lowest BCUT2D eigenvalue weighted by Crippen LogP contribution is -2.40. The van der Waals surface area contributed by atoms with Crippen molar-refractivity contribution in [3.63, 3.8) is 0 Å². The fraction of sp³-hybridized carbons (Fsp3) is 0.333. The molecule has 0 aliphatic heterocycles. The summed E-state index contributed by atoms with van der Waals surface area (Å²) in [5, 5.41) is 5.09. The van der Waals surface area contributed by atoms with Gasteiger partial charge in [0.05, 0.1) is 12.1 Å². The van der Waals surface area contributed by atoms with E-state index >= 15 is 0 Å². The molecule has 3 N–H and O–H groups in total. The average Bonchev–Trinajstić information content (AvgIpc) is 3.18. The van der Waals surface area contributed by atoms with E-state index < -0.39 is 11.2 Å². The molecule has 0 unspecified atom stereocenters. The average molecular weight is 428 g/mol. The number of benzene rings is 1. The second kappa shape index (κ2) is 9.08. The second-order valence-corrected chi connectivity index (χ2v) is 7.90. The number of nitrogens with one attached hydrogen (secondary N) is 1. The van der Waals surface area contributed by atoms with Crippen molar-refractivity contribution in [3.8, 4) is 11.3 Å². The Kier molecular flexibility index (Phi) is 6.51. The minimum Gasteiger partial charge on any atom is -0.384 e. The molecule has 3 rings (SSSR count). The smallest absolute Gasteiger partial charge is 0.332 e. The maximum atomic E-state index is 12.6. The van der Waals surface area contributed by atoms with E-state index in [1.165, 1.54) is 28.5 Å². The first-order valence-electron chi connectivity index (χ1n) is 9.78. The molecule has 0 aliphatic carbocycles. The van der Waals surface area contributed by atoms with Gasteiger partial charge in [0.1, 0.15) is 16.4 Å². The normalized spacial score (nSPS) is 10.9. The lowest BCUT2D eigenvalue weighted by molar-refractivity contribution is -0.115. The molecule has 0 saturated heterocycles. The molecule has 0 atom stereocenters. The first kappa shape index (κ1) is 21.5. The molecule has 2 aromatic heterocycles. The SMILES string of the molecule is CCCn1c(N)c(-c2csc(CC(=O)Nc3ccc(CC)cc3)n2)c(=O)n(C)c1=O. The number of nitrogens with two attached hydrogens (primary N) is 1. The lowest BCUT2D eigenvalue weighted by atomic mass is 10.1. The van der Waals surface area contributed by atoms with Crippen LogP contribution in [0.5, 0.6) is 0 Å². The molecule has 3 aromatic rings. The van der Waals surface area contributed by atoms with Gasteiger partial charge in [0, 0.05) is 24.7 Å². The van der Waals surface area contributed by atoms with Crippen molar-refractivity contribution in [2.45, 2.75) is 39.7 Å². The van der Waals surface area contributed by atoms with Crippen LogP contribution in [-0.2, 0) is 31.2 Å². The van der Waals surface area contributed by atoms with Gasteiger partial charge in [-0.15, -0.1) is 11.3 Å². The van der Waals surface area contributed by atoms with E-state index in [1.807, 2.05) is 31.2 Å². The van der Waals surface area contributed by atoms with Gasteiger partial charge in [0.2, 0.25) is 5.91 Å². The molecule has 0 bridgehead atoms.